The van der Waals surface area contributed by atoms with Crippen LogP contribution in [0.1, 0.15) is 10.4 Å². The zero-order chi connectivity index (χ0) is 22.0. The zero-order valence-electron chi connectivity index (χ0n) is 17.0. The summed E-state index contributed by atoms with van der Waals surface area (Å²) in [6.07, 6.45) is 0. The van der Waals surface area contributed by atoms with E-state index in [1.807, 2.05) is 11.4 Å². The first kappa shape index (κ1) is 20.5. The number of rotatable bonds is 6. The molecule has 0 radical (unpaired) electrons. The van der Waals surface area contributed by atoms with Gasteiger partial charge in [0.05, 0.1) is 38.3 Å². The lowest BCUT2D eigenvalue weighted by Gasteiger charge is -2.18. The Kier molecular flexibility index (Phi) is 5.63. The molecule has 9 nitrogen and oxygen atoms in total. The maximum absolute atomic E-state index is 12.9. The second-order valence-electron chi connectivity index (χ2n) is 6.42. The highest BCUT2D eigenvalue weighted by Crippen LogP contribution is 2.40. The van der Waals surface area contributed by atoms with Crippen molar-refractivity contribution < 1.29 is 28.5 Å². The van der Waals surface area contributed by atoms with Crippen LogP contribution < -0.4 is 29.6 Å². The van der Waals surface area contributed by atoms with Crippen molar-refractivity contribution in [3.8, 4) is 34.3 Å². The van der Waals surface area contributed by atoms with E-state index in [0.29, 0.717) is 33.8 Å². The van der Waals surface area contributed by atoms with E-state index in [-0.39, 0.29) is 23.8 Å². The summed E-state index contributed by atoms with van der Waals surface area (Å²) in [5.41, 5.74) is 2.31. The van der Waals surface area contributed by atoms with Crippen molar-refractivity contribution in [2.75, 3.05) is 38.6 Å². The Balaban J connectivity index is 1.57. The third-order valence-corrected chi connectivity index (χ3v) is 5.34. The van der Waals surface area contributed by atoms with Crippen molar-refractivity contribution >= 4 is 34.0 Å². The van der Waals surface area contributed by atoms with Gasteiger partial charge >= 0.3 is 0 Å². The van der Waals surface area contributed by atoms with Crippen LogP contribution in [0.2, 0.25) is 0 Å². The van der Waals surface area contributed by atoms with Gasteiger partial charge in [-0.2, -0.15) is 0 Å². The number of benzene rings is 2. The van der Waals surface area contributed by atoms with Gasteiger partial charge in [-0.05, 0) is 30.3 Å². The molecule has 2 N–H and O–H groups in total. The van der Waals surface area contributed by atoms with Crippen LogP contribution in [0.4, 0.5) is 10.8 Å². The molecule has 0 bridgehead atoms. The Labute approximate surface area is 181 Å². The fourth-order valence-electron chi connectivity index (χ4n) is 3.15. The number of fused-ring (bicyclic) bond motifs is 1. The molecule has 1 aliphatic heterocycles. The van der Waals surface area contributed by atoms with E-state index in [1.165, 1.54) is 32.7 Å². The monoisotopic (exact) mass is 441 g/mol. The highest BCUT2D eigenvalue weighted by molar-refractivity contribution is 7.14. The molecule has 1 aromatic heterocycles. The number of nitrogens with one attached hydrogen (secondary N) is 2. The molecule has 2 heterocycles. The Hall–Kier alpha value is -3.79. The molecule has 0 atom stereocenters. The largest absolute Gasteiger partial charge is 0.493 e. The van der Waals surface area contributed by atoms with Gasteiger partial charge in [0, 0.05) is 10.9 Å². The van der Waals surface area contributed by atoms with Crippen molar-refractivity contribution in [1.82, 2.24) is 4.98 Å². The van der Waals surface area contributed by atoms with Crippen LogP contribution >= 0.6 is 11.3 Å². The molecule has 3 aromatic rings. The molecule has 1 aliphatic rings. The van der Waals surface area contributed by atoms with Crippen LogP contribution in [-0.4, -0.2) is 44.7 Å². The summed E-state index contributed by atoms with van der Waals surface area (Å²) in [5.74, 6) is 1.05. The van der Waals surface area contributed by atoms with E-state index in [0.717, 1.165) is 5.56 Å². The van der Waals surface area contributed by atoms with Crippen LogP contribution in [0.25, 0.3) is 11.3 Å². The van der Waals surface area contributed by atoms with Crippen molar-refractivity contribution in [2.24, 2.45) is 0 Å². The number of ether oxygens (including phenoxy) is 4. The predicted octanol–water partition coefficient (Wildman–Crippen LogP) is 3.42. The molecule has 2 aromatic carbocycles. The number of thiazole rings is 1. The van der Waals surface area contributed by atoms with Crippen LogP contribution in [0.3, 0.4) is 0 Å². The summed E-state index contributed by atoms with van der Waals surface area (Å²) in [7, 11) is 4.43. The molecule has 31 heavy (non-hydrogen) atoms. The number of carbonyl (C=O) groups excluding carboxylic acids is 2. The lowest BCUT2D eigenvalue weighted by Crippen LogP contribution is -2.25. The second kappa shape index (κ2) is 8.52. The molecular weight excluding hydrogens is 422 g/mol. The zero-order valence-corrected chi connectivity index (χ0v) is 17.8. The highest BCUT2D eigenvalue weighted by Gasteiger charge is 2.22. The normalized spacial score (nSPS) is 12.3. The van der Waals surface area contributed by atoms with E-state index < -0.39 is 5.91 Å². The van der Waals surface area contributed by atoms with E-state index in [2.05, 4.69) is 15.6 Å². The number of aromatic nitrogens is 1. The van der Waals surface area contributed by atoms with Gasteiger partial charge in [0.15, 0.2) is 23.2 Å². The van der Waals surface area contributed by atoms with E-state index in [9.17, 15) is 9.59 Å². The maximum atomic E-state index is 12.9. The minimum Gasteiger partial charge on any atom is -0.493 e. The van der Waals surface area contributed by atoms with Crippen molar-refractivity contribution in [2.45, 2.75) is 0 Å². The smallest absolute Gasteiger partial charge is 0.262 e. The molecule has 2 amide bonds. The summed E-state index contributed by atoms with van der Waals surface area (Å²) in [5, 5.41) is 7.77. The maximum Gasteiger partial charge on any atom is 0.262 e. The van der Waals surface area contributed by atoms with E-state index in [4.69, 9.17) is 18.9 Å². The summed E-state index contributed by atoms with van der Waals surface area (Å²) in [6, 6.07) is 8.62. The average Bonchev–Trinajstić information content (AvgIpc) is 3.25. The second-order valence-corrected chi connectivity index (χ2v) is 7.28. The minimum absolute atomic E-state index is 0.00115. The Morgan fingerprint density at radius 3 is 2.68 bits per heavy atom. The first-order valence-corrected chi connectivity index (χ1v) is 10.0. The van der Waals surface area contributed by atoms with Gasteiger partial charge in [-0.1, -0.05) is 0 Å². The van der Waals surface area contributed by atoms with Crippen LogP contribution in [0.15, 0.2) is 35.7 Å². The standard InChI is InChI=1S/C21H19N3O6S/c1-27-16-7-5-12(18(28-2)19(16)29-3)20(26)24-21-23-14(10-31-21)11-4-6-15-13(8-11)22-17(25)9-30-15/h4-8,10H,9H2,1-3H3,(H,22,25)(H,23,24,26). The average molecular weight is 441 g/mol. The van der Waals surface area contributed by atoms with E-state index >= 15 is 0 Å². The first-order chi connectivity index (χ1) is 15.0. The fourth-order valence-corrected chi connectivity index (χ4v) is 3.87. The van der Waals surface area contributed by atoms with Crippen molar-refractivity contribution in [3.63, 3.8) is 0 Å². The number of nitrogens with zero attached hydrogens (tertiary/aromatic N) is 1. The van der Waals surface area contributed by atoms with Gasteiger partial charge in [-0.25, -0.2) is 4.98 Å². The van der Waals surface area contributed by atoms with Crippen molar-refractivity contribution in [1.29, 1.82) is 0 Å². The fraction of sp³-hybridized carbons (Fsp3) is 0.190. The Morgan fingerprint density at radius 1 is 1.13 bits per heavy atom. The summed E-state index contributed by atoms with van der Waals surface area (Å²) >= 11 is 1.28. The number of carbonyl (C=O) groups is 2. The van der Waals surface area contributed by atoms with E-state index in [1.54, 1.807) is 24.3 Å². The van der Waals surface area contributed by atoms with Gasteiger partial charge in [0.1, 0.15) is 5.75 Å². The molecule has 160 valence electrons. The summed E-state index contributed by atoms with van der Waals surface area (Å²) in [6.45, 7) is -0.00115. The number of methoxy groups -OCH3 is 3. The van der Waals surface area contributed by atoms with Gasteiger partial charge < -0.3 is 24.3 Å². The number of hydrogen-bond acceptors (Lipinski definition) is 8. The lowest BCUT2D eigenvalue weighted by molar-refractivity contribution is -0.118. The first-order valence-electron chi connectivity index (χ1n) is 9.17. The molecule has 0 aliphatic carbocycles. The number of amides is 2. The third-order valence-electron chi connectivity index (χ3n) is 4.58. The molecule has 0 unspecified atom stereocenters. The molecule has 10 heteroatoms. The summed E-state index contributed by atoms with van der Waals surface area (Å²) in [4.78, 5) is 28.9. The highest BCUT2D eigenvalue weighted by atomic mass is 32.1. The molecule has 0 fully saturated rings. The molecular formula is C21H19N3O6S. The van der Waals surface area contributed by atoms with Crippen LogP contribution in [0, 0.1) is 0 Å². The number of hydrogen-bond donors (Lipinski definition) is 2. The topological polar surface area (TPSA) is 108 Å². The third kappa shape index (κ3) is 3.97. The minimum atomic E-state index is -0.398. The SMILES string of the molecule is COc1ccc(C(=O)Nc2nc(-c3ccc4c(c3)NC(=O)CO4)cs2)c(OC)c1OC. The van der Waals surface area contributed by atoms with Gasteiger partial charge in [-0.3, -0.25) is 14.9 Å². The number of anilines is 2. The van der Waals surface area contributed by atoms with Gasteiger partial charge in [0.25, 0.3) is 11.8 Å². The molecule has 0 saturated carbocycles. The Morgan fingerprint density at radius 2 is 1.94 bits per heavy atom. The van der Waals surface area contributed by atoms with Crippen LogP contribution in [0.5, 0.6) is 23.0 Å². The predicted molar refractivity (Wildman–Crippen MR) is 116 cm³/mol. The molecule has 4 rings (SSSR count). The summed E-state index contributed by atoms with van der Waals surface area (Å²) < 4.78 is 21.3. The van der Waals surface area contributed by atoms with Gasteiger partial charge in [-0.15, -0.1) is 11.3 Å². The van der Waals surface area contributed by atoms with Crippen molar-refractivity contribution in [3.05, 3.63) is 41.3 Å². The van der Waals surface area contributed by atoms with Gasteiger partial charge in [0.2, 0.25) is 5.75 Å². The quantitative estimate of drug-likeness (QED) is 0.603. The molecule has 0 saturated heterocycles. The van der Waals surface area contributed by atoms with Crippen LogP contribution in [-0.2, 0) is 4.79 Å². The molecule has 0 spiro atoms. The lowest BCUT2D eigenvalue weighted by atomic mass is 10.1. The Bertz CT molecular complexity index is 1160.